The van der Waals surface area contributed by atoms with Crippen LogP contribution in [0.4, 0.5) is 11.8 Å². The predicted octanol–water partition coefficient (Wildman–Crippen LogP) is 1.64. The number of aromatic nitrogens is 4. The number of rotatable bonds is 6. The van der Waals surface area contributed by atoms with E-state index in [-0.39, 0.29) is 0 Å². The maximum Gasteiger partial charge on any atom is 0.224 e. The number of nitrogens with one attached hydrogen (secondary N) is 2. The van der Waals surface area contributed by atoms with Crippen molar-refractivity contribution in [1.29, 1.82) is 0 Å². The molecule has 18 heavy (non-hydrogen) atoms. The topological polar surface area (TPSA) is 67.7 Å². The van der Waals surface area contributed by atoms with Gasteiger partial charge in [0.1, 0.15) is 5.82 Å². The Labute approximate surface area is 106 Å². The average molecular weight is 246 g/mol. The van der Waals surface area contributed by atoms with E-state index in [1.54, 1.807) is 10.9 Å². The molecule has 0 aliphatic heterocycles. The molecule has 6 heteroatoms. The highest BCUT2D eigenvalue weighted by Gasteiger charge is 2.00. The highest BCUT2D eigenvalue weighted by atomic mass is 15.3. The average Bonchev–Trinajstić information content (AvgIpc) is 2.80. The van der Waals surface area contributed by atoms with Crippen LogP contribution in [-0.2, 0) is 13.6 Å². The molecule has 0 unspecified atom stereocenters. The van der Waals surface area contributed by atoms with Gasteiger partial charge in [0, 0.05) is 26.0 Å². The van der Waals surface area contributed by atoms with Crippen molar-refractivity contribution in [3.63, 3.8) is 0 Å². The van der Waals surface area contributed by atoms with Crippen molar-refractivity contribution in [2.45, 2.75) is 19.9 Å². The lowest BCUT2D eigenvalue weighted by atomic mass is 10.4. The summed E-state index contributed by atoms with van der Waals surface area (Å²) >= 11 is 0. The van der Waals surface area contributed by atoms with Crippen LogP contribution in [0, 0.1) is 0 Å². The van der Waals surface area contributed by atoms with Crippen molar-refractivity contribution in [3.05, 3.63) is 30.2 Å². The molecule has 0 amide bonds. The normalized spacial score (nSPS) is 10.3. The van der Waals surface area contributed by atoms with Gasteiger partial charge in [-0.2, -0.15) is 10.1 Å². The predicted molar refractivity (Wildman–Crippen MR) is 71.3 cm³/mol. The molecule has 0 spiro atoms. The van der Waals surface area contributed by atoms with E-state index in [4.69, 9.17) is 0 Å². The largest absolute Gasteiger partial charge is 0.364 e. The first-order valence-electron chi connectivity index (χ1n) is 6.07. The van der Waals surface area contributed by atoms with E-state index in [1.807, 2.05) is 25.4 Å². The molecule has 2 heterocycles. The molecule has 0 bridgehead atoms. The molecular formula is C12H18N6. The van der Waals surface area contributed by atoms with Gasteiger partial charge in [0.15, 0.2) is 0 Å². The maximum atomic E-state index is 4.36. The zero-order chi connectivity index (χ0) is 12.8. The van der Waals surface area contributed by atoms with E-state index in [2.05, 4.69) is 32.6 Å². The fraction of sp³-hybridized carbons (Fsp3) is 0.417. The Morgan fingerprint density at radius 2 is 2.17 bits per heavy atom. The molecule has 2 aromatic rings. The summed E-state index contributed by atoms with van der Waals surface area (Å²) in [5, 5.41) is 10.7. The van der Waals surface area contributed by atoms with Crippen molar-refractivity contribution < 1.29 is 0 Å². The Bertz CT molecular complexity index is 493. The summed E-state index contributed by atoms with van der Waals surface area (Å²) in [6.07, 6.45) is 4.71. The summed E-state index contributed by atoms with van der Waals surface area (Å²) in [7, 11) is 1.90. The first-order chi connectivity index (χ1) is 8.78. The van der Waals surface area contributed by atoms with Crippen molar-refractivity contribution in [2.75, 3.05) is 17.2 Å². The van der Waals surface area contributed by atoms with Crippen LogP contribution in [0.1, 0.15) is 19.0 Å². The molecule has 2 N–H and O–H groups in total. The second-order valence-electron chi connectivity index (χ2n) is 4.03. The van der Waals surface area contributed by atoms with Gasteiger partial charge in [0.25, 0.3) is 0 Å². The van der Waals surface area contributed by atoms with Crippen molar-refractivity contribution in [2.24, 2.45) is 7.05 Å². The quantitative estimate of drug-likeness (QED) is 0.811. The minimum Gasteiger partial charge on any atom is -0.364 e. The molecule has 0 aromatic carbocycles. The maximum absolute atomic E-state index is 4.36. The molecule has 0 aliphatic carbocycles. The number of aryl methyl sites for hydroxylation is 1. The Hall–Kier alpha value is -2.11. The molecule has 96 valence electrons. The lowest BCUT2D eigenvalue weighted by Gasteiger charge is -2.06. The molecule has 0 saturated heterocycles. The molecular weight excluding hydrogens is 228 g/mol. The van der Waals surface area contributed by atoms with Crippen molar-refractivity contribution >= 4 is 11.8 Å². The Balaban J connectivity index is 1.92. The molecule has 0 atom stereocenters. The van der Waals surface area contributed by atoms with E-state index in [9.17, 15) is 0 Å². The highest BCUT2D eigenvalue weighted by Crippen LogP contribution is 2.07. The molecule has 0 radical (unpaired) electrons. The zero-order valence-corrected chi connectivity index (χ0v) is 10.7. The number of anilines is 2. The first kappa shape index (κ1) is 12.3. The summed E-state index contributed by atoms with van der Waals surface area (Å²) < 4.78 is 1.78. The third kappa shape index (κ3) is 3.44. The van der Waals surface area contributed by atoms with E-state index in [0.717, 1.165) is 24.5 Å². The summed E-state index contributed by atoms with van der Waals surface area (Å²) in [5.41, 5.74) is 0.985. The van der Waals surface area contributed by atoms with Gasteiger partial charge in [-0.1, -0.05) is 6.92 Å². The van der Waals surface area contributed by atoms with E-state index < -0.39 is 0 Å². The summed E-state index contributed by atoms with van der Waals surface area (Å²) in [6, 6.07) is 3.82. The van der Waals surface area contributed by atoms with Gasteiger partial charge >= 0.3 is 0 Å². The lowest BCUT2D eigenvalue weighted by molar-refractivity contribution is 0.747. The first-order valence-corrected chi connectivity index (χ1v) is 6.07. The molecule has 6 nitrogen and oxygen atoms in total. The third-order valence-electron chi connectivity index (χ3n) is 2.41. The van der Waals surface area contributed by atoms with Gasteiger partial charge < -0.3 is 10.6 Å². The summed E-state index contributed by atoms with van der Waals surface area (Å²) in [4.78, 5) is 8.52. The Kier molecular flexibility index (Phi) is 4.11. The van der Waals surface area contributed by atoms with E-state index >= 15 is 0 Å². The molecule has 0 saturated carbocycles. The standard InChI is InChI=1S/C12H18N6/c1-3-6-13-12-14-7-4-11(16-12)15-9-10-5-8-18(2)17-10/h4-5,7-8H,3,6,9H2,1-2H3,(H2,13,14,15,16). The van der Waals surface area contributed by atoms with Gasteiger partial charge in [-0.05, 0) is 18.6 Å². The molecule has 0 aliphatic rings. The van der Waals surface area contributed by atoms with Crippen molar-refractivity contribution in [1.82, 2.24) is 19.7 Å². The summed E-state index contributed by atoms with van der Waals surface area (Å²) in [6.45, 7) is 3.64. The Morgan fingerprint density at radius 1 is 1.28 bits per heavy atom. The van der Waals surface area contributed by atoms with E-state index in [1.165, 1.54) is 0 Å². The van der Waals surface area contributed by atoms with Crippen LogP contribution in [0.2, 0.25) is 0 Å². The van der Waals surface area contributed by atoms with Crippen LogP contribution in [-0.4, -0.2) is 26.3 Å². The molecule has 0 fully saturated rings. The fourth-order valence-electron chi connectivity index (χ4n) is 1.52. The number of hydrogen-bond acceptors (Lipinski definition) is 5. The van der Waals surface area contributed by atoms with Crippen molar-refractivity contribution in [3.8, 4) is 0 Å². The number of nitrogens with zero attached hydrogens (tertiary/aromatic N) is 4. The monoisotopic (exact) mass is 246 g/mol. The third-order valence-corrected chi connectivity index (χ3v) is 2.41. The highest BCUT2D eigenvalue weighted by molar-refractivity contribution is 5.39. The van der Waals surface area contributed by atoms with Crippen LogP contribution < -0.4 is 10.6 Å². The smallest absolute Gasteiger partial charge is 0.224 e. The fourth-order valence-corrected chi connectivity index (χ4v) is 1.52. The molecule has 2 rings (SSSR count). The van der Waals surface area contributed by atoms with Gasteiger partial charge in [-0.25, -0.2) is 4.98 Å². The van der Waals surface area contributed by atoms with Gasteiger partial charge in [-0.3, -0.25) is 4.68 Å². The van der Waals surface area contributed by atoms with Gasteiger partial charge in [-0.15, -0.1) is 0 Å². The zero-order valence-electron chi connectivity index (χ0n) is 10.7. The number of hydrogen-bond donors (Lipinski definition) is 2. The minimum atomic E-state index is 0.655. The lowest BCUT2D eigenvalue weighted by Crippen LogP contribution is -2.07. The van der Waals surface area contributed by atoms with Crippen LogP contribution in [0.25, 0.3) is 0 Å². The van der Waals surface area contributed by atoms with Gasteiger partial charge in [0.05, 0.1) is 12.2 Å². The second kappa shape index (κ2) is 6.00. The van der Waals surface area contributed by atoms with Crippen LogP contribution in [0.3, 0.4) is 0 Å². The Morgan fingerprint density at radius 3 is 2.89 bits per heavy atom. The van der Waals surface area contributed by atoms with Gasteiger partial charge in [0.2, 0.25) is 5.95 Å². The minimum absolute atomic E-state index is 0.655. The van der Waals surface area contributed by atoms with E-state index in [0.29, 0.717) is 12.5 Å². The SMILES string of the molecule is CCCNc1nccc(NCc2ccn(C)n2)n1. The second-order valence-corrected chi connectivity index (χ2v) is 4.03. The summed E-state index contributed by atoms with van der Waals surface area (Å²) in [5.74, 6) is 1.46. The van der Waals surface area contributed by atoms with Crippen LogP contribution in [0.5, 0.6) is 0 Å². The molecule has 2 aromatic heterocycles. The van der Waals surface area contributed by atoms with Crippen LogP contribution >= 0.6 is 0 Å². The van der Waals surface area contributed by atoms with Crippen LogP contribution in [0.15, 0.2) is 24.5 Å².